The molecule has 0 aliphatic heterocycles. The molecule has 2 atom stereocenters. The van der Waals surface area contributed by atoms with E-state index in [0.717, 1.165) is 30.5 Å². The van der Waals surface area contributed by atoms with Crippen LogP contribution in [-0.2, 0) is 4.79 Å². The fourth-order valence-corrected chi connectivity index (χ4v) is 2.19. The predicted molar refractivity (Wildman–Crippen MR) is 61.4 cm³/mol. The smallest absolute Gasteiger partial charge is 0.306 e. The zero-order valence-corrected chi connectivity index (χ0v) is 9.31. The highest BCUT2D eigenvalue weighted by Crippen LogP contribution is 2.28. The quantitative estimate of drug-likeness (QED) is 0.818. The summed E-state index contributed by atoms with van der Waals surface area (Å²) in [5.74, 6) is -0.851. The third-order valence-corrected chi connectivity index (χ3v) is 3.16. The maximum absolute atomic E-state index is 10.8. The molecule has 1 heterocycles. The van der Waals surface area contributed by atoms with Crippen LogP contribution in [0.25, 0.3) is 0 Å². The summed E-state index contributed by atoms with van der Waals surface area (Å²) >= 11 is 0. The number of pyridine rings is 1. The third-order valence-electron chi connectivity index (χ3n) is 3.16. The van der Waals surface area contributed by atoms with Crippen molar-refractivity contribution in [3.63, 3.8) is 0 Å². The summed E-state index contributed by atoms with van der Waals surface area (Å²) in [7, 11) is 0. The lowest BCUT2D eigenvalue weighted by Crippen LogP contribution is -2.18. The summed E-state index contributed by atoms with van der Waals surface area (Å²) in [6.45, 7) is 2.00. The Hall–Kier alpha value is -1.58. The molecule has 1 aliphatic rings. The monoisotopic (exact) mass is 220 g/mol. The number of carboxylic acid groups (broad SMARTS) is 1. The van der Waals surface area contributed by atoms with Crippen LogP contribution in [0.2, 0.25) is 0 Å². The van der Waals surface area contributed by atoms with Gasteiger partial charge in [0.1, 0.15) is 0 Å². The number of carboxylic acids is 1. The van der Waals surface area contributed by atoms with Crippen LogP contribution >= 0.6 is 0 Å². The molecule has 0 spiro atoms. The van der Waals surface area contributed by atoms with Crippen LogP contribution in [-0.4, -0.2) is 22.1 Å². The number of carbonyl (C=O) groups is 1. The second-order valence-corrected chi connectivity index (χ2v) is 4.38. The second kappa shape index (κ2) is 4.51. The lowest BCUT2D eigenvalue weighted by Gasteiger charge is -2.15. The lowest BCUT2D eigenvalue weighted by molar-refractivity contribution is -0.141. The second-order valence-electron chi connectivity index (χ2n) is 4.38. The lowest BCUT2D eigenvalue weighted by atomic mass is 10.1. The Morgan fingerprint density at radius 2 is 2.38 bits per heavy atom. The molecule has 1 saturated carbocycles. The molecule has 86 valence electrons. The van der Waals surface area contributed by atoms with E-state index in [1.807, 2.05) is 19.2 Å². The van der Waals surface area contributed by atoms with Crippen LogP contribution in [0.5, 0.6) is 0 Å². The van der Waals surface area contributed by atoms with Crippen molar-refractivity contribution in [1.29, 1.82) is 0 Å². The van der Waals surface area contributed by atoms with Gasteiger partial charge in [0.2, 0.25) is 0 Å². The third kappa shape index (κ3) is 2.32. The molecule has 1 aliphatic carbocycles. The van der Waals surface area contributed by atoms with Crippen molar-refractivity contribution in [2.24, 2.45) is 5.92 Å². The zero-order chi connectivity index (χ0) is 11.5. The zero-order valence-electron chi connectivity index (χ0n) is 9.31. The van der Waals surface area contributed by atoms with E-state index in [0.29, 0.717) is 0 Å². The summed E-state index contributed by atoms with van der Waals surface area (Å²) in [6.07, 6.45) is 5.98. The Balaban J connectivity index is 1.97. The van der Waals surface area contributed by atoms with E-state index >= 15 is 0 Å². The summed E-state index contributed by atoms with van der Waals surface area (Å²) in [6, 6.07) is 2.21. The minimum Gasteiger partial charge on any atom is -0.481 e. The minimum absolute atomic E-state index is 0.181. The van der Waals surface area contributed by atoms with Crippen molar-refractivity contribution in [3.8, 4) is 0 Å². The SMILES string of the molecule is Cc1cnccc1N[C@H]1CC[C@@H](C(=O)O)C1. The molecule has 4 nitrogen and oxygen atoms in total. The van der Waals surface area contributed by atoms with Gasteiger partial charge in [-0.2, -0.15) is 0 Å². The Kier molecular flexibility index (Phi) is 3.08. The van der Waals surface area contributed by atoms with Crippen LogP contribution in [0.4, 0.5) is 5.69 Å². The average Bonchev–Trinajstić information content (AvgIpc) is 2.70. The number of hydrogen-bond donors (Lipinski definition) is 2. The van der Waals surface area contributed by atoms with Crippen LogP contribution in [0, 0.1) is 12.8 Å². The first kappa shape index (κ1) is 10.9. The molecule has 0 radical (unpaired) electrons. The Bertz CT molecular complexity index is 392. The molecule has 1 fully saturated rings. The van der Waals surface area contributed by atoms with E-state index in [9.17, 15) is 4.79 Å². The highest BCUT2D eigenvalue weighted by molar-refractivity contribution is 5.70. The summed E-state index contributed by atoms with van der Waals surface area (Å²) in [5, 5.41) is 12.3. The molecule has 0 aromatic carbocycles. The van der Waals surface area contributed by atoms with Crippen molar-refractivity contribution in [2.75, 3.05) is 5.32 Å². The van der Waals surface area contributed by atoms with E-state index < -0.39 is 5.97 Å². The van der Waals surface area contributed by atoms with Crippen LogP contribution < -0.4 is 5.32 Å². The maximum Gasteiger partial charge on any atom is 0.306 e. The fraction of sp³-hybridized carbons (Fsp3) is 0.500. The Labute approximate surface area is 94.7 Å². The molecule has 0 bridgehead atoms. The van der Waals surface area contributed by atoms with E-state index in [1.165, 1.54) is 0 Å². The van der Waals surface area contributed by atoms with Gasteiger partial charge in [-0.15, -0.1) is 0 Å². The molecular weight excluding hydrogens is 204 g/mol. The molecule has 0 amide bonds. The van der Waals surface area contributed by atoms with Gasteiger partial charge in [-0.3, -0.25) is 9.78 Å². The Morgan fingerprint density at radius 1 is 1.56 bits per heavy atom. The van der Waals surface area contributed by atoms with Gasteiger partial charge in [0.05, 0.1) is 5.92 Å². The van der Waals surface area contributed by atoms with Crippen molar-refractivity contribution >= 4 is 11.7 Å². The molecule has 0 unspecified atom stereocenters. The van der Waals surface area contributed by atoms with Gasteiger partial charge in [0.15, 0.2) is 0 Å². The predicted octanol–water partition coefficient (Wildman–Crippen LogP) is 2.06. The van der Waals surface area contributed by atoms with Gasteiger partial charge in [0, 0.05) is 24.1 Å². The van der Waals surface area contributed by atoms with Crippen molar-refractivity contribution in [1.82, 2.24) is 4.98 Å². The van der Waals surface area contributed by atoms with E-state index in [2.05, 4.69) is 10.3 Å². The van der Waals surface area contributed by atoms with Gasteiger partial charge in [0.25, 0.3) is 0 Å². The number of hydrogen-bond acceptors (Lipinski definition) is 3. The molecule has 0 saturated heterocycles. The summed E-state index contributed by atoms with van der Waals surface area (Å²) < 4.78 is 0. The average molecular weight is 220 g/mol. The number of nitrogens with one attached hydrogen (secondary N) is 1. The standard InChI is InChI=1S/C12H16N2O2/c1-8-7-13-5-4-11(8)14-10-3-2-9(6-10)12(15)16/h4-5,7,9-10H,2-3,6H2,1H3,(H,13,14)(H,15,16)/t9-,10+/m1/s1. The van der Waals surface area contributed by atoms with E-state index in [1.54, 1.807) is 6.20 Å². The molecule has 16 heavy (non-hydrogen) atoms. The van der Waals surface area contributed by atoms with E-state index in [-0.39, 0.29) is 12.0 Å². The first-order chi connectivity index (χ1) is 7.66. The van der Waals surface area contributed by atoms with Crippen molar-refractivity contribution in [2.45, 2.75) is 32.2 Å². The van der Waals surface area contributed by atoms with E-state index in [4.69, 9.17) is 5.11 Å². The largest absolute Gasteiger partial charge is 0.481 e. The summed E-state index contributed by atoms with van der Waals surface area (Å²) in [5.41, 5.74) is 2.16. The first-order valence-corrected chi connectivity index (χ1v) is 5.57. The molecule has 2 rings (SSSR count). The number of nitrogens with zero attached hydrogens (tertiary/aromatic N) is 1. The van der Waals surface area contributed by atoms with Gasteiger partial charge >= 0.3 is 5.97 Å². The first-order valence-electron chi connectivity index (χ1n) is 5.57. The fourth-order valence-electron chi connectivity index (χ4n) is 2.19. The van der Waals surface area contributed by atoms with Gasteiger partial charge < -0.3 is 10.4 Å². The summed E-state index contributed by atoms with van der Waals surface area (Å²) in [4.78, 5) is 14.9. The van der Waals surface area contributed by atoms with Crippen LogP contribution in [0.1, 0.15) is 24.8 Å². The number of aryl methyl sites for hydroxylation is 1. The number of rotatable bonds is 3. The molecule has 1 aromatic rings. The maximum atomic E-state index is 10.8. The van der Waals surface area contributed by atoms with Crippen LogP contribution in [0.15, 0.2) is 18.5 Å². The normalized spacial score (nSPS) is 24.3. The molecule has 1 aromatic heterocycles. The molecular formula is C12H16N2O2. The van der Waals surface area contributed by atoms with Gasteiger partial charge in [-0.1, -0.05) is 0 Å². The Morgan fingerprint density at radius 3 is 3.00 bits per heavy atom. The molecule has 4 heteroatoms. The van der Waals surface area contributed by atoms with Crippen molar-refractivity contribution in [3.05, 3.63) is 24.0 Å². The molecule has 2 N–H and O–H groups in total. The van der Waals surface area contributed by atoms with Gasteiger partial charge in [-0.05, 0) is 37.8 Å². The topological polar surface area (TPSA) is 62.2 Å². The minimum atomic E-state index is -0.671. The number of aliphatic carboxylic acids is 1. The highest BCUT2D eigenvalue weighted by atomic mass is 16.4. The highest BCUT2D eigenvalue weighted by Gasteiger charge is 2.29. The van der Waals surface area contributed by atoms with Gasteiger partial charge in [-0.25, -0.2) is 0 Å². The number of aromatic nitrogens is 1. The number of anilines is 1. The van der Waals surface area contributed by atoms with Crippen LogP contribution in [0.3, 0.4) is 0 Å². The van der Waals surface area contributed by atoms with Crippen molar-refractivity contribution < 1.29 is 9.90 Å².